The monoisotopic (exact) mass is 355 g/mol. The first kappa shape index (κ1) is 15.0. The zero-order valence-electron chi connectivity index (χ0n) is 12.4. The van der Waals surface area contributed by atoms with Gasteiger partial charge in [-0.3, -0.25) is 0 Å². The van der Waals surface area contributed by atoms with E-state index in [0.29, 0.717) is 19.1 Å². The summed E-state index contributed by atoms with van der Waals surface area (Å²) < 4.78 is 18.4. The maximum Gasteiger partial charge on any atom is 0.168 e. The van der Waals surface area contributed by atoms with E-state index in [2.05, 4.69) is 21.2 Å². The van der Waals surface area contributed by atoms with Gasteiger partial charge in [-0.25, -0.2) is 0 Å². The van der Waals surface area contributed by atoms with Crippen molar-refractivity contribution in [1.82, 2.24) is 5.32 Å². The molecule has 1 aromatic carbocycles. The van der Waals surface area contributed by atoms with Crippen LogP contribution in [-0.4, -0.2) is 33.4 Å². The van der Waals surface area contributed by atoms with E-state index < -0.39 is 0 Å². The zero-order chi connectivity index (χ0) is 14.7. The van der Waals surface area contributed by atoms with Crippen LogP contribution < -0.4 is 19.5 Å². The SMILES string of the molecule is COc1c(Br)cc2c(c1CC1CCCNC1)OCCCO2. The number of nitrogens with one attached hydrogen (secondary N) is 1. The molecule has 4 nitrogen and oxygen atoms in total. The predicted molar refractivity (Wildman–Crippen MR) is 85.6 cm³/mol. The molecule has 1 atom stereocenters. The Hall–Kier alpha value is -0.940. The molecule has 116 valence electrons. The van der Waals surface area contributed by atoms with Gasteiger partial charge in [-0.05, 0) is 54.2 Å². The van der Waals surface area contributed by atoms with Crippen LogP contribution in [0, 0.1) is 5.92 Å². The molecular formula is C16H22BrNO3. The van der Waals surface area contributed by atoms with Gasteiger partial charge in [0.2, 0.25) is 0 Å². The van der Waals surface area contributed by atoms with Crippen molar-refractivity contribution < 1.29 is 14.2 Å². The summed E-state index contributed by atoms with van der Waals surface area (Å²) in [6.07, 6.45) is 4.36. The van der Waals surface area contributed by atoms with Crippen LogP contribution in [0.3, 0.4) is 0 Å². The standard InChI is InChI=1S/C16H22BrNO3/c1-19-15-12(8-11-4-2-5-18-10-11)16-14(9-13(15)17)20-6-3-7-21-16/h9,11,18H,2-8,10H2,1H3. The van der Waals surface area contributed by atoms with Gasteiger partial charge in [0.1, 0.15) is 5.75 Å². The Kier molecular flexibility index (Phi) is 4.91. The lowest BCUT2D eigenvalue weighted by Crippen LogP contribution is -2.31. The Balaban J connectivity index is 1.96. The van der Waals surface area contributed by atoms with Gasteiger partial charge >= 0.3 is 0 Å². The van der Waals surface area contributed by atoms with Crippen molar-refractivity contribution in [1.29, 1.82) is 0 Å². The van der Waals surface area contributed by atoms with E-state index in [1.807, 2.05) is 6.07 Å². The summed E-state index contributed by atoms with van der Waals surface area (Å²) in [7, 11) is 1.71. The van der Waals surface area contributed by atoms with E-state index in [1.54, 1.807) is 7.11 Å². The second-order valence-electron chi connectivity index (χ2n) is 5.66. The molecule has 21 heavy (non-hydrogen) atoms. The van der Waals surface area contributed by atoms with Gasteiger partial charge in [-0.1, -0.05) is 0 Å². The Bertz CT molecular complexity index is 501. The Labute approximate surface area is 134 Å². The fraction of sp³-hybridized carbons (Fsp3) is 0.625. The Morgan fingerprint density at radius 2 is 2.19 bits per heavy atom. The van der Waals surface area contributed by atoms with Crippen LogP contribution in [0.15, 0.2) is 10.5 Å². The topological polar surface area (TPSA) is 39.7 Å². The molecule has 2 heterocycles. The quantitative estimate of drug-likeness (QED) is 0.903. The van der Waals surface area contributed by atoms with E-state index in [4.69, 9.17) is 14.2 Å². The van der Waals surface area contributed by atoms with E-state index in [-0.39, 0.29) is 0 Å². The number of fused-ring (bicyclic) bond motifs is 1. The van der Waals surface area contributed by atoms with E-state index in [9.17, 15) is 0 Å². The average Bonchev–Trinajstić information content (AvgIpc) is 2.73. The molecule has 5 heteroatoms. The number of hydrogen-bond donors (Lipinski definition) is 1. The third-order valence-electron chi connectivity index (χ3n) is 4.14. The molecule has 0 saturated carbocycles. The predicted octanol–water partition coefficient (Wildman–Crippen LogP) is 3.16. The maximum absolute atomic E-state index is 5.97. The average molecular weight is 356 g/mol. The molecule has 3 rings (SSSR count). The molecule has 0 bridgehead atoms. The molecule has 1 aromatic rings. The van der Waals surface area contributed by atoms with Crippen molar-refractivity contribution >= 4 is 15.9 Å². The van der Waals surface area contributed by atoms with Gasteiger partial charge in [0.25, 0.3) is 0 Å². The summed E-state index contributed by atoms with van der Waals surface area (Å²) in [4.78, 5) is 0. The highest BCUT2D eigenvalue weighted by molar-refractivity contribution is 9.10. The minimum atomic E-state index is 0.623. The second-order valence-corrected chi connectivity index (χ2v) is 6.52. The molecule has 2 aliphatic rings. The van der Waals surface area contributed by atoms with Gasteiger partial charge in [-0.2, -0.15) is 0 Å². The normalized spacial score (nSPS) is 21.7. The molecule has 1 N–H and O–H groups in total. The molecule has 1 unspecified atom stereocenters. The van der Waals surface area contributed by atoms with Gasteiger partial charge in [0, 0.05) is 18.1 Å². The van der Waals surface area contributed by atoms with Crippen molar-refractivity contribution in [3.63, 3.8) is 0 Å². The van der Waals surface area contributed by atoms with Crippen LogP contribution in [0.5, 0.6) is 17.2 Å². The summed E-state index contributed by atoms with van der Waals surface area (Å²) in [6.45, 7) is 3.60. The highest BCUT2D eigenvalue weighted by atomic mass is 79.9. The number of rotatable bonds is 3. The molecule has 0 amide bonds. The zero-order valence-corrected chi connectivity index (χ0v) is 14.0. The summed E-state index contributed by atoms with van der Waals surface area (Å²) in [6, 6.07) is 1.96. The smallest absolute Gasteiger partial charge is 0.168 e. The number of benzene rings is 1. The highest BCUT2D eigenvalue weighted by Gasteiger charge is 2.25. The van der Waals surface area contributed by atoms with Crippen molar-refractivity contribution in [3.8, 4) is 17.2 Å². The van der Waals surface area contributed by atoms with Crippen LogP contribution >= 0.6 is 15.9 Å². The summed E-state index contributed by atoms with van der Waals surface area (Å²) >= 11 is 3.60. The van der Waals surface area contributed by atoms with Crippen molar-refractivity contribution in [2.75, 3.05) is 33.4 Å². The molecule has 2 aliphatic heterocycles. The third-order valence-corrected chi connectivity index (χ3v) is 4.72. The van der Waals surface area contributed by atoms with Crippen LogP contribution in [0.1, 0.15) is 24.8 Å². The van der Waals surface area contributed by atoms with Crippen molar-refractivity contribution in [3.05, 3.63) is 16.1 Å². The number of hydrogen-bond acceptors (Lipinski definition) is 4. The minimum Gasteiger partial charge on any atom is -0.495 e. The Morgan fingerprint density at radius 1 is 1.33 bits per heavy atom. The highest BCUT2D eigenvalue weighted by Crippen LogP contribution is 2.45. The summed E-state index contributed by atoms with van der Waals surface area (Å²) in [5.41, 5.74) is 1.14. The molecular weight excluding hydrogens is 334 g/mol. The largest absolute Gasteiger partial charge is 0.495 e. The van der Waals surface area contributed by atoms with Gasteiger partial charge in [0.05, 0.1) is 24.8 Å². The first-order chi connectivity index (χ1) is 10.3. The van der Waals surface area contributed by atoms with Gasteiger partial charge in [-0.15, -0.1) is 0 Å². The fourth-order valence-corrected chi connectivity index (χ4v) is 3.72. The molecule has 1 saturated heterocycles. The van der Waals surface area contributed by atoms with Crippen LogP contribution in [-0.2, 0) is 6.42 Å². The number of halogens is 1. The lowest BCUT2D eigenvalue weighted by atomic mass is 9.91. The minimum absolute atomic E-state index is 0.623. The lowest BCUT2D eigenvalue weighted by Gasteiger charge is -2.25. The van der Waals surface area contributed by atoms with Crippen molar-refractivity contribution in [2.45, 2.75) is 25.7 Å². The number of ether oxygens (including phenoxy) is 3. The number of methoxy groups -OCH3 is 1. The first-order valence-corrected chi connectivity index (χ1v) is 8.44. The fourth-order valence-electron chi connectivity index (χ4n) is 3.12. The van der Waals surface area contributed by atoms with E-state index in [0.717, 1.165) is 53.2 Å². The lowest BCUT2D eigenvalue weighted by molar-refractivity contribution is 0.293. The van der Waals surface area contributed by atoms with Gasteiger partial charge < -0.3 is 19.5 Å². The van der Waals surface area contributed by atoms with Crippen LogP contribution in [0.2, 0.25) is 0 Å². The molecule has 0 aromatic heterocycles. The first-order valence-electron chi connectivity index (χ1n) is 7.65. The van der Waals surface area contributed by atoms with Crippen LogP contribution in [0.4, 0.5) is 0 Å². The Morgan fingerprint density at radius 3 is 2.95 bits per heavy atom. The van der Waals surface area contributed by atoms with E-state index in [1.165, 1.54) is 12.8 Å². The van der Waals surface area contributed by atoms with Crippen molar-refractivity contribution in [2.24, 2.45) is 5.92 Å². The van der Waals surface area contributed by atoms with Crippen LogP contribution in [0.25, 0.3) is 0 Å². The number of piperidine rings is 1. The molecule has 0 spiro atoms. The summed E-state index contributed by atoms with van der Waals surface area (Å²) in [5.74, 6) is 3.21. The summed E-state index contributed by atoms with van der Waals surface area (Å²) in [5, 5.41) is 3.47. The molecule has 1 fully saturated rings. The van der Waals surface area contributed by atoms with E-state index >= 15 is 0 Å². The molecule has 0 aliphatic carbocycles. The van der Waals surface area contributed by atoms with Gasteiger partial charge in [0.15, 0.2) is 11.5 Å². The maximum atomic E-state index is 5.97. The second kappa shape index (κ2) is 6.88. The molecule has 0 radical (unpaired) electrons. The third kappa shape index (κ3) is 3.29.